The second-order valence-corrected chi connectivity index (χ2v) is 10.1. The molecular weight excluding hydrogens is 436 g/mol. The highest BCUT2D eigenvalue weighted by molar-refractivity contribution is 6.31. The van der Waals surface area contributed by atoms with Crippen molar-refractivity contribution >= 4 is 29.6 Å². The number of aryl methyl sites for hydroxylation is 1. The molecule has 8 nitrogen and oxygen atoms in total. The number of nitrogens with zero attached hydrogens (tertiary/aromatic N) is 2. The van der Waals surface area contributed by atoms with E-state index in [0.29, 0.717) is 21.8 Å². The zero-order chi connectivity index (χ0) is 24.0. The highest BCUT2D eigenvalue weighted by atomic mass is 35.5. The van der Waals surface area contributed by atoms with Crippen LogP contribution in [-0.4, -0.2) is 39.2 Å². The molecule has 32 heavy (non-hydrogen) atoms. The Morgan fingerprint density at radius 2 is 1.72 bits per heavy atom. The van der Waals surface area contributed by atoms with Crippen molar-refractivity contribution in [1.82, 2.24) is 10.1 Å². The van der Waals surface area contributed by atoms with Crippen LogP contribution in [-0.2, 0) is 14.3 Å². The highest BCUT2D eigenvalue weighted by Crippen LogP contribution is 2.43. The number of imide groups is 1. The van der Waals surface area contributed by atoms with E-state index >= 15 is 0 Å². The van der Waals surface area contributed by atoms with Crippen LogP contribution in [0.2, 0.25) is 5.02 Å². The average Bonchev–Trinajstić information content (AvgIpc) is 2.94. The lowest BCUT2D eigenvalue weighted by Crippen LogP contribution is -2.43. The van der Waals surface area contributed by atoms with Crippen LogP contribution < -0.4 is 0 Å². The molecule has 0 saturated carbocycles. The van der Waals surface area contributed by atoms with Gasteiger partial charge in [0, 0.05) is 16.1 Å². The van der Waals surface area contributed by atoms with Crippen molar-refractivity contribution in [1.29, 1.82) is 0 Å². The lowest BCUT2D eigenvalue weighted by molar-refractivity contribution is -0.156. The maximum atomic E-state index is 13.6. The number of ether oxygens (including phenoxy) is 2. The molecule has 0 spiro atoms. The summed E-state index contributed by atoms with van der Waals surface area (Å²) in [6.07, 6.45) is -1.24. The first kappa shape index (κ1) is 23.8. The molecule has 2 heterocycles. The zero-order valence-corrected chi connectivity index (χ0v) is 20.0. The molecule has 9 heteroatoms. The molecule has 0 radical (unpaired) electrons. The molecule has 1 atom stereocenters. The first-order chi connectivity index (χ1) is 14.7. The number of carbonyl (C=O) groups is 3. The number of aromatic nitrogens is 1. The van der Waals surface area contributed by atoms with E-state index < -0.39 is 35.2 Å². The molecule has 0 saturated heterocycles. The Labute approximate surface area is 191 Å². The fourth-order valence-corrected chi connectivity index (χ4v) is 3.66. The minimum atomic E-state index is -1.12. The SMILES string of the molecule is Cc1noc2c1-c1ccc(Cl)cc1C(=O)N(C(=O)OC(C)(C)C)[C@H]2CC(=O)OC(C)(C)C. The summed E-state index contributed by atoms with van der Waals surface area (Å²) in [6, 6.07) is 3.66. The Kier molecular flexibility index (Phi) is 6.12. The predicted molar refractivity (Wildman–Crippen MR) is 117 cm³/mol. The van der Waals surface area contributed by atoms with Crippen LogP contribution >= 0.6 is 11.6 Å². The number of halogens is 1. The quantitative estimate of drug-likeness (QED) is 0.545. The van der Waals surface area contributed by atoms with Crippen LogP contribution in [0.5, 0.6) is 0 Å². The van der Waals surface area contributed by atoms with Crippen LogP contribution in [0, 0.1) is 6.92 Å². The first-order valence-corrected chi connectivity index (χ1v) is 10.6. The summed E-state index contributed by atoms with van der Waals surface area (Å²) in [5.41, 5.74) is 0.105. The smallest absolute Gasteiger partial charge is 0.418 e. The van der Waals surface area contributed by atoms with Crippen molar-refractivity contribution in [2.24, 2.45) is 0 Å². The van der Waals surface area contributed by atoms with Gasteiger partial charge in [-0.3, -0.25) is 9.59 Å². The van der Waals surface area contributed by atoms with Crippen LogP contribution in [0.4, 0.5) is 4.79 Å². The Morgan fingerprint density at radius 3 is 2.31 bits per heavy atom. The molecule has 0 fully saturated rings. The molecular formula is C23H27ClN2O6. The maximum Gasteiger partial charge on any atom is 0.418 e. The van der Waals surface area contributed by atoms with Crippen molar-refractivity contribution in [2.75, 3.05) is 0 Å². The fraction of sp³-hybridized carbons (Fsp3) is 0.478. The average molecular weight is 463 g/mol. The molecule has 1 aliphatic rings. The predicted octanol–water partition coefficient (Wildman–Crippen LogP) is 5.47. The van der Waals surface area contributed by atoms with E-state index in [1.54, 1.807) is 60.6 Å². The minimum absolute atomic E-state index is 0.183. The number of carbonyl (C=O) groups excluding carboxylic acids is 3. The van der Waals surface area contributed by atoms with E-state index in [1.807, 2.05) is 0 Å². The number of hydrogen-bond acceptors (Lipinski definition) is 7. The minimum Gasteiger partial charge on any atom is -0.460 e. The van der Waals surface area contributed by atoms with Crippen LogP contribution in [0.3, 0.4) is 0 Å². The topological polar surface area (TPSA) is 98.9 Å². The van der Waals surface area contributed by atoms with E-state index in [2.05, 4.69) is 5.16 Å². The number of rotatable bonds is 2. The molecule has 0 N–H and O–H groups in total. The highest BCUT2D eigenvalue weighted by Gasteiger charge is 2.44. The lowest BCUT2D eigenvalue weighted by Gasteiger charge is -2.30. The lowest BCUT2D eigenvalue weighted by atomic mass is 9.97. The third kappa shape index (κ3) is 4.96. The number of benzene rings is 1. The zero-order valence-electron chi connectivity index (χ0n) is 19.2. The summed E-state index contributed by atoms with van der Waals surface area (Å²) in [7, 11) is 0. The van der Waals surface area contributed by atoms with Gasteiger partial charge in [-0.05, 0) is 60.6 Å². The molecule has 0 bridgehead atoms. The second-order valence-electron chi connectivity index (χ2n) is 9.66. The maximum absolute atomic E-state index is 13.6. The Hall–Kier alpha value is -2.87. The number of hydrogen-bond donors (Lipinski definition) is 0. The van der Waals surface area contributed by atoms with Gasteiger partial charge in [0.05, 0.1) is 17.7 Å². The van der Waals surface area contributed by atoms with Crippen LogP contribution in [0.15, 0.2) is 22.7 Å². The normalized spacial score (nSPS) is 16.2. The van der Waals surface area contributed by atoms with Gasteiger partial charge in [0.2, 0.25) is 0 Å². The fourth-order valence-electron chi connectivity index (χ4n) is 3.49. The van der Waals surface area contributed by atoms with E-state index in [9.17, 15) is 14.4 Å². The molecule has 0 aliphatic carbocycles. The van der Waals surface area contributed by atoms with E-state index in [4.69, 9.17) is 25.6 Å². The van der Waals surface area contributed by atoms with Gasteiger partial charge < -0.3 is 14.0 Å². The van der Waals surface area contributed by atoms with E-state index in [-0.39, 0.29) is 17.7 Å². The Morgan fingerprint density at radius 1 is 1.09 bits per heavy atom. The monoisotopic (exact) mass is 462 g/mol. The largest absolute Gasteiger partial charge is 0.460 e. The summed E-state index contributed by atoms with van der Waals surface area (Å²) in [4.78, 5) is 40.5. The molecule has 0 unspecified atom stereocenters. The van der Waals surface area contributed by atoms with Crippen molar-refractivity contribution in [3.63, 3.8) is 0 Å². The van der Waals surface area contributed by atoms with Gasteiger partial charge in [0.1, 0.15) is 17.2 Å². The Bertz CT molecular complexity index is 1080. The van der Waals surface area contributed by atoms with Gasteiger partial charge in [-0.1, -0.05) is 22.8 Å². The van der Waals surface area contributed by atoms with Crippen molar-refractivity contribution < 1.29 is 28.4 Å². The standard InChI is InChI=1S/C23H27ClN2O6/c1-12-18-14-9-8-13(24)10-15(14)20(28)26(21(29)31-23(5,6)7)16(19(18)32-25-12)11-17(27)30-22(2,3)4/h8-10,16H,11H2,1-7H3/t16-/m0/s1. The molecule has 3 rings (SSSR count). The number of fused-ring (bicyclic) bond motifs is 3. The third-order valence-corrected chi connectivity index (χ3v) is 4.81. The number of esters is 1. The molecule has 1 aromatic carbocycles. The van der Waals surface area contributed by atoms with Crippen molar-refractivity contribution in [3.05, 3.63) is 40.2 Å². The van der Waals surface area contributed by atoms with Gasteiger partial charge >= 0.3 is 12.1 Å². The third-order valence-electron chi connectivity index (χ3n) is 4.57. The van der Waals surface area contributed by atoms with Crippen LogP contribution in [0.25, 0.3) is 11.1 Å². The molecule has 1 aromatic heterocycles. The summed E-state index contributed by atoms with van der Waals surface area (Å²) >= 11 is 6.16. The first-order valence-electron chi connectivity index (χ1n) is 10.2. The van der Waals surface area contributed by atoms with Gasteiger partial charge in [-0.25, -0.2) is 9.69 Å². The van der Waals surface area contributed by atoms with Gasteiger partial charge in [0.25, 0.3) is 5.91 Å². The van der Waals surface area contributed by atoms with Gasteiger partial charge in [-0.2, -0.15) is 0 Å². The van der Waals surface area contributed by atoms with Gasteiger partial charge in [-0.15, -0.1) is 0 Å². The summed E-state index contributed by atoms with van der Waals surface area (Å²) < 4.78 is 16.5. The Balaban J connectivity index is 2.20. The summed E-state index contributed by atoms with van der Waals surface area (Å²) in [5.74, 6) is -1.06. The van der Waals surface area contributed by atoms with E-state index in [0.717, 1.165) is 4.90 Å². The van der Waals surface area contributed by atoms with Gasteiger partial charge in [0.15, 0.2) is 5.76 Å². The summed E-state index contributed by atoms with van der Waals surface area (Å²) in [6.45, 7) is 12.0. The second kappa shape index (κ2) is 8.24. The molecule has 1 aliphatic heterocycles. The summed E-state index contributed by atoms with van der Waals surface area (Å²) in [5, 5.41) is 4.36. The molecule has 2 aromatic rings. The van der Waals surface area contributed by atoms with Crippen molar-refractivity contribution in [2.45, 2.75) is 72.1 Å². The number of amides is 2. The van der Waals surface area contributed by atoms with Crippen LogP contribution in [0.1, 0.15) is 75.8 Å². The molecule has 172 valence electrons. The molecule has 2 amide bonds. The van der Waals surface area contributed by atoms with E-state index in [1.165, 1.54) is 6.07 Å². The van der Waals surface area contributed by atoms with Crippen molar-refractivity contribution in [3.8, 4) is 11.1 Å².